The molecule has 1 aromatic carbocycles. The number of ether oxygens (including phenoxy) is 1. The summed E-state index contributed by atoms with van der Waals surface area (Å²) in [5.41, 5.74) is 1.09. The van der Waals surface area contributed by atoms with Crippen LogP contribution in [-0.4, -0.2) is 44.3 Å². The zero-order valence-corrected chi connectivity index (χ0v) is 15.3. The van der Waals surface area contributed by atoms with E-state index in [9.17, 15) is 18.0 Å². The van der Waals surface area contributed by atoms with Gasteiger partial charge in [-0.25, -0.2) is 8.42 Å². The molecular weight excluding hydrogens is 332 g/mol. The summed E-state index contributed by atoms with van der Waals surface area (Å²) in [5, 5.41) is 2.58. The number of nitrogens with one attached hydrogen (secondary N) is 1. The van der Waals surface area contributed by atoms with E-state index in [2.05, 4.69) is 5.32 Å². The van der Waals surface area contributed by atoms with Crippen LogP contribution in [0, 0.1) is 6.92 Å². The van der Waals surface area contributed by atoms with Gasteiger partial charge in [0.1, 0.15) is 0 Å². The molecule has 0 aliphatic carbocycles. The van der Waals surface area contributed by atoms with Crippen molar-refractivity contribution in [3.05, 3.63) is 23.8 Å². The number of anilines is 1. The van der Waals surface area contributed by atoms with Gasteiger partial charge in [-0.3, -0.25) is 9.59 Å². The number of carbonyl (C=O) groups is 2. The molecule has 7 nitrogen and oxygen atoms in total. The molecule has 0 aromatic heterocycles. The van der Waals surface area contributed by atoms with Crippen LogP contribution in [0.25, 0.3) is 0 Å². The average Bonchev–Trinajstić information content (AvgIpc) is 2.55. The maximum atomic E-state index is 12.5. The molecule has 24 heavy (non-hydrogen) atoms. The van der Waals surface area contributed by atoms with Crippen molar-refractivity contribution < 1.29 is 22.7 Å². The zero-order valence-electron chi connectivity index (χ0n) is 14.5. The standard InChI is InChI=1S/C16H24N2O5S/c1-5-16(20)23-11-15(19)17-14-10-13(9-8-12(14)4)24(21,22)18(6-2)7-3/h8-10H,5-7,11H2,1-4H3,(H,17,19). The lowest BCUT2D eigenvalue weighted by Crippen LogP contribution is -2.30. The second kappa shape index (κ2) is 8.79. The van der Waals surface area contributed by atoms with E-state index in [1.165, 1.54) is 16.4 Å². The van der Waals surface area contributed by atoms with Crippen molar-refractivity contribution in [2.75, 3.05) is 25.0 Å². The van der Waals surface area contributed by atoms with E-state index in [4.69, 9.17) is 4.74 Å². The number of carbonyl (C=O) groups excluding carboxylic acids is 2. The van der Waals surface area contributed by atoms with E-state index >= 15 is 0 Å². The van der Waals surface area contributed by atoms with Gasteiger partial charge in [0, 0.05) is 25.2 Å². The van der Waals surface area contributed by atoms with Gasteiger partial charge in [-0.15, -0.1) is 0 Å². The Kier molecular flexibility index (Phi) is 7.37. The van der Waals surface area contributed by atoms with Gasteiger partial charge in [-0.1, -0.05) is 26.8 Å². The molecule has 0 aliphatic rings. The lowest BCUT2D eigenvalue weighted by molar-refractivity contribution is -0.146. The number of aryl methyl sites for hydroxylation is 1. The third-order valence-electron chi connectivity index (χ3n) is 3.48. The first-order chi connectivity index (χ1) is 11.3. The lowest BCUT2D eigenvalue weighted by atomic mass is 10.2. The number of rotatable bonds is 8. The number of benzene rings is 1. The van der Waals surface area contributed by atoms with Gasteiger partial charge in [0.05, 0.1) is 4.90 Å². The Balaban J connectivity index is 2.98. The highest BCUT2D eigenvalue weighted by Crippen LogP contribution is 2.23. The fourth-order valence-corrected chi connectivity index (χ4v) is 3.53. The zero-order chi connectivity index (χ0) is 18.3. The largest absolute Gasteiger partial charge is 0.456 e. The number of esters is 1. The van der Waals surface area contributed by atoms with Crippen molar-refractivity contribution in [2.45, 2.75) is 39.0 Å². The summed E-state index contributed by atoms with van der Waals surface area (Å²) >= 11 is 0. The van der Waals surface area contributed by atoms with Crippen molar-refractivity contribution in [3.8, 4) is 0 Å². The molecule has 1 N–H and O–H groups in total. The molecule has 1 amide bonds. The maximum Gasteiger partial charge on any atom is 0.306 e. The molecule has 0 unspecified atom stereocenters. The third-order valence-corrected chi connectivity index (χ3v) is 5.53. The van der Waals surface area contributed by atoms with Crippen LogP contribution in [0.1, 0.15) is 32.8 Å². The minimum absolute atomic E-state index is 0.109. The van der Waals surface area contributed by atoms with Crippen molar-refractivity contribution in [1.29, 1.82) is 0 Å². The monoisotopic (exact) mass is 356 g/mol. The molecule has 0 saturated heterocycles. The van der Waals surface area contributed by atoms with Gasteiger partial charge in [-0.2, -0.15) is 4.31 Å². The van der Waals surface area contributed by atoms with Crippen LogP contribution in [-0.2, 0) is 24.3 Å². The van der Waals surface area contributed by atoms with Gasteiger partial charge >= 0.3 is 5.97 Å². The van der Waals surface area contributed by atoms with Crippen LogP contribution < -0.4 is 5.32 Å². The number of amides is 1. The van der Waals surface area contributed by atoms with Crippen LogP contribution in [0.5, 0.6) is 0 Å². The number of hydrogen-bond donors (Lipinski definition) is 1. The van der Waals surface area contributed by atoms with Crippen molar-refractivity contribution >= 4 is 27.6 Å². The Labute approximate surface area is 143 Å². The van der Waals surface area contributed by atoms with E-state index in [-0.39, 0.29) is 11.3 Å². The first-order valence-corrected chi connectivity index (χ1v) is 9.26. The van der Waals surface area contributed by atoms with Crippen molar-refractivity contribution in [1.82, 2.24) is 4.31 Å². The molecule has 0 heterocycles. The first-order valence-electron chi connectivity index (χ1n) is 7.82. The Morgan fingerprint density at radius 3 is 2.33 bits per heavy atom. The molecule has 0 radical (unpaired) electrons. The highest BCUT2D eigenvalue weighted by atomic mass is 32.2. The normalized spacial score (nSPS) is 11.4. The summed E-state index contributed by atoms with van der Waals surface area (Å²) in [6, 6.07) is 4.56. The summed E-state index contributed by atoms with van der Waals surface area (Å²) < 4.78 is 31.2. The summed E-state index contributed by atoms with van der Waals surface area (Å²) in [4.78, 5) is 23.0. The van der Waals surface area contributed by atoms with Gasteiger partial charge < -0.3 is 10.1 Å². The Bertz CT molecular complexity index is 696. The molecule has 0 saturated carbocycles. The molecule has 1 aromatic rings. The Hall–Kier alpha value is -1.93. The Morgan fingerprint density at radius 2 is 1.79 bits per heavy atom. The van der Waals surface area contributed by atoms with Crippen LogP contribution in [0.3, 0.4) is 0 Å². The number of hydrogen-bond acceptors (Lipinski definition) is 5. The van der Waals surface area contributed by atoms with E-state index in [0.717, 1.165) is 0 Å². The number of nitrogens with zero attached hydrogens (tertiary/aromatic N) is 1. The lowest BCUT2D eigenvalue weighted by Gasteiger charge is -2.19. The molecule has 0 fully saturated rings. The average molecular weight is 356 g/mol. The van der Waals surface area contributed by atoms with Crippen LogP contribution in [0.2, 0.25) is 0 Å². The molecule has 0 bridgehead atoms. The quantitative estimate of drug-likeness (QED) is 0.718. The Morgan fingerprint density at radius 1 is 1.17 bits per heavy atom. The second-order valence-electron chi connectivity index (χ2n) is 5.13. The number of sulfonamides is 1. The molecule has 0 atom stereocenters. The third kappa shape index (κ3) is 5.04. The second-order valence-corrected chi connectivity index (χ2v) is 7.07. The highest BCUT2D eigenvalue weighted by molar-refractivity contribution is 7.89. The van der Waals surface area contributed by atoms with Gasteiger partial charge in [0.15, 0.2) is 6.61 Å². The summed E-state index contributed by atoms with van der Waals surface area (Å²) in [7, 11) is -3.61. The van der Waals surface area contributed by atoms with Crippen molar-refractivity contribution in [3.63, 3.8) is 0 Å². The van der Waals surface area contributed by atoms with E-state index in [1.807, 2.05) is 0 Å². The molecule has 0 spiro atoms. The summed E-state index contributed by atoms with van der Waals surface area (Å²) in [5.74, 6) is -0.989. The molecule has 134 valence electrons. The topological polar surface area (TPSA) is 92.8 Å². The molecule has 8 heteroatoms. The van der Waals surface area contributed by atoms with Crippen LogP contribution in [0.15, 0.2) is 23.1 Å². The highest BCUT2D eigenvalue weighted by Gasteiger charge is 2.22. The molecule has 0 aliphatic heterocycles. The van der Waals surface area contributed by atoms with Crippen LogP contribution in [0.4, 0.5) is 5.69 Å². The molecule has 1 rings (SSSR count). The van der Waals surface area contributed by atoms with Gasteiger partial charge in [0.2, 0.25) is 10.0 Å². The van der Waals surface area contributed by atoms with Crippen molar-refractivity contribution in [2.24, 2.45) is 0 Å². The van der Waals surface area contributed by atoms with E-state index in [0.29, 0.717) is 24.3 Å². The summed E-state index contributed by atoms with van der Waals surface area (Å²) in [6.07, 6.45) is 0.184. The molecular formula is C16H24N2O5S. The maximum absolute atomic E-state index is 12.5. The SMILES string of the molecule is CCC(=O)OCC(=O)Nc1cc(S(=O)(=O)N(CC)CC)ccc1C. The van der Waals surface area contributed by atoms with Gasteiger partial charge in [-0.05, 0) is 24.6 Å². The van der Waals surface area contributed by atoms with E-state index < -0.39 is 28.5 Å². The smallest absolute Gasteiger partial charge is 0.306 e. The fourth-order valence-electron chi connectivity index (χ4n) is 2.04. The summed E-state index contributed by atoms with van der Waals surface area (Å²) in [6.45, 7) is 7.23. The minimum Gasteiger partial charge on any atom is -0.456 e. The predicted octanol–water partition coefficient (Wildman–Crippen LogP) is 1.92. The minimum atomic E-state index is -3.61. The van der Waals surface area contributed by atoms with Gasteiger partial charge in [0.25, 0.3) is 5.91 Å². The first kappa shape index (κ1) is 20.1. The van der Waals surface area contributed by atoms with Crippen LogP contribution >= 0.6 is 0 Å². The van der Waals surface area contributed by atoms with E-state index in [1.54, 1.807) is 33.8 Å². The predicted molar refractivity (Wildman–Crippen MR) is 91.2 cm³/mol. The fraction of sp³-hybridized carbons (Fsp3) is 0.500.